The van der Waals surface area contributed by atoms with Crippen molar-refractivity contribution in [2.45, 2.75) is 20.4 Å². The summed E-state index contributed by atoms with van der Waals surface area (Å²) in [5.74, 6) is 0. The number of aliphatic hydroxyl groups excluding tert-OH is 1. The molecule has 0 aliphatic heterocycles. The second-order valence-electron chi connectivity index (χ2n) is 4.19. The number of anilines is 1. The number of nitrogens with zero attached hydrogens (tertiary/aromatic N) is 3. The van der Waals surface area contributed by atoms with Crippen LogP contribution in [0.3, 0.4) is 0 Å². The van der Waals surface area contributed by atoms with E-state index < -0.39 is 0 Å². The predicted octanol–water partition coefficient (Wildman–Crippen LogP) is 1.29. The van der Waals surface area contributed by atoms with Crippen LogP contribution in [0.2, 0.25) is 0 Å². The molecular formula is C12H15BrN4O2. The van der Waals surface area contributed by atoms with Crippen LogP contribution in [0.1, 0.15) is 11.4 Å². The molecule has 0 saturated heterocycles. The van der Waals surface area contributed by atoms with E-state index in [9.17, 15) is 4.79 Å². The Morgan fingerprint density at radius 1 is 1.37 bits per heavy atom. The molecule has 0 spiro atoms. The predicted molar refractivity (Wildman–Crippen MR) is 76.2 cm³/mol. The van der Waals surface area contributed by atoms with Crippen LogP contribution in [0.5, 0.6) is 0 Å². The van der Waals surface area contributed by atoms with E-state index in [4.69, 9.17) is 5.11 Å². The van der Waals surface area contributed by atoms with Gasteiger partial charge >= 0.3 is 0 Å². The van der Waals surface area contributed by atoms with Gasteiger partial charge in [-0.25, -0.2) is 4.68 Å². The van der Waals surface area contributed by atoms with E-state index in [2.05, 4.69) is 26.5 Å². The summed E-state index contributed by atoms with van der Waals surface area (Å²) in [5, 5.41) is 12.9. The molecule has 0 fully saturated rings. The number of aryl methyl sites for hydroxylation is 2. The number of rotatable bonds is 4. The van der Waals surface area contributed by atoms with Gasteiger partial charge in [-0.3, -0.25) is 14.9 Å². The first-order valence-electron chi connectivity index (χ1n) is 5.83. The van der Waals surface area contributed by atoms with E-state index in [-0.39, 0.29) is 18.7 Å². The molecule has 0 saturated carbocycles. The highest BCUT2D eigenvalue weighted by atomic mass is 79.9. The molecule has 6 nitrogen and oxygen atoms in total. The third kappa shape index (κ3) is 2.71. The average molecular weight is 327 g/mol. The van der Waals surface area contributed by atoms with Gasteiger partial charge in [0.15, 0.2) is 0 Å². The van der Waals surface area contributed by atoms with Gasteiger partial charge in [-0.15, -0.1) is 0 Å². The number of hydrogen-bond donors (Lipinski definition) is 2. The number of hydrogen-bond acceptors (Lipinski definition) is 4. The SMILES string of the molecule is Cc1ccc(C)n1Nc1cnn(CCO)c(=O)c1Br. The van der Waals surface area contributed by atoms with Crippen molar-refractivity contribution in [3.05, 3.63) is 44.5 Å². The van der Waals surface area contributed by atoms with Gasteiger partial charge < -0.3 is 5.11 Å². The van der Waals surface area contributed by atoms with Crippen molar-refractivity contribution < 1.29 is 5.11 Å². The van der Waals surface area contributed by atoms with Crippen LogP contribution in [-0.4, -0.2) is 26.2 Å². The lowest BCUT2D eigenvalue weighted by Gasteiger charge is -2.14. The van der Waals surface area contributed by atoms with Crippen molar-refractivity contribution in [2.75, 3.05) is 12.0 Å². The molecule has 2 heterocycles. The van der Waals surface area contributed by atoms with Crippen molar-refractivity contribution in [1.82, 2.24) is 14.5 Å². The summed E-state index contributed by atoms with van der Waals surface area (Å²) in [6.07, 6.45) is 1.56. The van der Waals surface area contributed by atoms with Crippen LogP contribution >= 0.6 is 15.9 Å². The number of aromatic nitrogens is 3. The minimum Gasteiger partial charge on any atom is -0.394 e. The van der Waals surface area contributed by atoms with Crippen LogP contribution in [-0.2, 0) is 6.54 Å². The van der Waals surface area contributed by atoms with E-state index in [1.54, 1.807) is 6.20 Å². The molecule has 102 valence electrons. The first-order chi connectivity index (χ1) is 9.04. The maximum atomic E-state index is 12.0. The molecule has 0 amide bonds. The molecule has 2 aromatic rings. The largest absolute Gasteiger partial charge is 0.394 e. The number of halogens is 1. The molecule has 0 aromatic carbocycles. The van der Waals surface area contributed by atoms with E-state index >= 15 is 0 Å². The monoisotopic (exact) mass is 326 g/mol. The number of nitrogens with one attached hydrogen (secondary N) is 1. The van der Waals surface area contributed by atoms with Crippen molar-refractivity contribution in [2.24, 2.45) is 0 Å². The summed E-state index contributed by atoms with van der Waals surface area (Å²) in [4.78, 5) is 12.0. The standard InChI is InChI=1S/C12H15BrN4O2/c1-8-3-4-9(2)17(8)15-10-7-14-16(5-6-18)12(19)11(10)13/h3-4,7,15,18H,5-6H2,1-2H3. The highest BCUT2D eigenvalue weighted by Gasteiger charge is 2.10. The van der Waals surface area contributed by atoms with Crippen LogP contribution < -0.4 is 11.0 Å². The maximum Gasteiger partial charge on any atom is 0.283 e. The molecule has 0 unspecified atom stereocenters. The Kier molecular flexibility index (Phi) is 4.06. The quantitative estimate of drug-likeness (QED) is 0.888. The highest BCUT2D eigenvalue weighted by molar-refractivity contribution is 9.10. The van der Waals surface area contributed by atoms with Gasteiger partial charge in [-0.1, -0.05) is 0 Å². The third-order valence-corrected chi connectivity index (χ3v) is 3.57. The summed E-state index contributed by atoms with van der Waals surface area (Å²) in [6.45, 7) is 3.99. The second kappa shape index (κ2) is 5.58. The lowest BCUT2D eigenvalue weighted by molar-refractivity contribution is 0.266. The minimum absolute atomic E-state index is 0.123. The first-order valence-corrected chi connectivity index (χ1v) is 6.62. The van der Waals surface area contributed by atoms with Gasteiger partial charge in [0.05, 0.1) is 25.0 Å². The third-order valence-electron chi connectivity index (χ3n) is 2.80. The normalized spacial score (nSPS) is 10.7. The van der Waals surface area contributed by atoms with Crippen molar-refractivity contribution in [1.29, 1.82) is 0 Å². The summed E-state index contributed by atoms with van der Waals surface area (Å²) in [6, 6.07) is 3.97. The summed E-state index contributed by atoms with van der Waals surface area (Å²) in [7, 11) is 0. The molecule has 0 aliphatic rings. The fourth-order valence-corrected chi connectivity index (χ4v) is 2.16. The number of aliphatic hydroxyl groups is 1. The minimum atomic E-state index is -0.276. The van der Waals surface area contributed by atoms with Crippen molar-refractivity contribution in [3.8, 4) is 0 Å². The van der Waals surface area contributed by atoms with Gasteiger partial charge in [-0.05, 0) is 41.9 Å². The topological polar surface area (TPSA) is 72.1 Å². The average Bonchev–Trinajstić information content (AvgIpc) is 2.70. The molecule has 2 rings (SSSR count). The van der Waals surface area contributed by atoms with Gasteiger partial charge in [-0.2, -0.15) is 5.10 Å². The lowest BCUT2D eigenvalue weighted by Crippen LogP contribution is -2.26. The van der Waals surface area contributed by atoms with Gasteiger partial charge in [0.1, 0.15) is 4.47 Å². The Labute approximate surface area is 118 Å². The molecule has 19 heavy (non-hydrogen) atoms. The molecule has 7 heteroatoms. The van der Waals surface area contributed by atoms with E-state index in [0.29, 0.717) is 10.2 Å². The Balaban J connectivity index is 2.37. The molecule has 2 N–H and O–H groups in total. The van der Waals surface area contributed by atoms with Crippen LogP contribution in [0.4, 0.5) is 5.69 Å². The summed E-state index contributed by atoms with van der Waals surface area (Å²) >= 11 is 3.27. The molecule has 2 aromatic heterocycles. The molecule has 0 radical (unpaired) electrons. The fourth-order valence-electron chi connectivity index (χ4n) is 1.76. The Bertz CT molecular complexity index is 628. The van der Waals surface area contributed by atoms with Gasteiger partial charge in [0, 0.05) is 11.4 Å². The first kappa shape index (κ1) is 13.8. The van der Waals surface area contributed by atoms with Crippen LogP contribution in [0.15, 0.2) is 27.6 Å². The molecular weight excluding hydrogens is 312 g/mol. The van der Waals surface area contributed by atoms with E-state index in [0.717, 1.165) is 11.4 Å². The zero-order chi connectivity index (χ0) is 14.0. The van der Waals surface area contributed by atoms with E-state index in [1.807, 2.05) is 30.7 Å². The maximum absolute atomic E-state index is 12.0. The van der Waals surface area contributed by atoms with Gasteiger partial charge in [0.2, 0.25) is 0 Å². The highest BCUT2D eigenvalue weighted by Crippen LogP contribution is 2.18. The Hall–Kier alpha value is -1.60. The van der Waals surface area contributed by atoms with Crippen molar-refractivity contribution in [3.63, 3.8) is 0 Å². The smallest absolute Gasteiger partial charge is 0.283 e. The van der Waals surface area contributed by atoms with Crippen LogP contribution in [0, 0.1) is 13.8 Å². The summed E-state index contributed by atoms with van der Waals surface area (Å²) < 4.78 is 3.48. The molecule has 0 aliphatic carbocycles. The fraction of sp³-hybridized carbons (Fsp3) is 0.333. The molecule has 0 atom stereocenters. The second-order valence-corrected chi connectivity index (χ2v) is 4.98. The zero-order valence-electron chi connectivity index (χ0n) is 10.7. The Morgan fingerprint density at radius 3 is 2.58 bits per heavy atom. The lowest BCUT2D eigenvalue weighted by atomic mass is 10.4. The van der Waals surface area contributed by atoms with Gasteiger partial charge in [0.25, 0.3) is 5.56 Å². The van der Waals surface area contributed by atoms with E-state index in [1.165, 1.54) is 4.68 Å². The molecule has 0 bridgehead atoms. The Morgan fingerprint density at radius 2 is 2.00 bits per heavy atom. The van der Waals surface area contributed by atoms with Crippen molar-refractivity contribution >= 4 is 21.6 Å². The van der Waals surface area contributed by atoms with Crippen LogP contribution in [0.25, 0.3) is 0 Å². The summed E-state index contributed by atoms with van der Waals surface area (Å²) in [5.41, 5.74) is 5.50. The zero-order valence-corrected chi connectivity index (χ0v) is 12.3.